The summed E-state index contributed by atoms with van der Waals surface area (Å²) >= 11 is 0. The van der Waals surface area contributed by atoms with Crippen LogP contribution in [0.5, 0.6) is 11.5 Å². The van der Waals surface area contributed by atoms with Crippen LogP contribution in [0.4, 0.5) is 0 Å². The molecule has 0 aliphatic heterocycles. The molecule has 0 amide bonds. The fraction of sp³-hybridized carbons (Fsp3) is 0.462. The van der Waals surface area contributed by atoms with E-state index in [1.807, 2.05) is 20.8 Å². The van der Waals surface area contributed by atoms with Crippen molar-refractivity contribution in [2.24, 2.45) is 5.41 Å². The van der Waals surface area contributed by atoms with Gasteiger partial charge in [-0.15, -0.1) is 0 Å². The van der Waals surface area contributed by atoms with E-state index < -0.39 is 0 Å². The predicted molar refractivity (Wildman–Crippen MR) is 63.3 cm³/mol. The van der Waals surface area contributed by atoms with Gasteiger partial charge in [-0.1, -0.05) is 20.8 Å². The van der Waals surface area contributed by atoms with Crippen molar-refractivity contribution in [1.82, 2.24) is 0 Å². The Balaban J connectivity index is 3.13. The zero-order valence-electron chi connectivity index (χ0n) is 10.5. The van der Waals surface area contributed by atoms with Gasteiger partial charge in [0.2, 0.25) is 0 Å². The van der Waals surface area contributed by atoms with E-state index in [0.29, 0.717) is 17.1 Å². The van der Waals surface area contributed by atoms with Crippen molar-refractivity contribution in [2.45, 2.75) is 20.8 Å². The van der Waals surface area contributed by atoms with Crippen molar-refractivity contribution in [3.63, 3.8) is 0 Å². The summed E-state index contributed by atoms with van der Waals surface area (Å²) in [5.41, 5.74) is 0.254. The highest BCUT2D eigenvalue weighted by atomic mass is 16.5. The third-order valence-corrected chi connectivity index (χ3v) is 2.33. The lowest BCUT2D eigenvalue weighted by molar-refractivity contribution is 0.0858. The first-order valence-electron chi connectivity index (χ1n) is 5.17. The number of hydrogen-bond donors (Lipinski definition) is 0. The number of rotatable bonds is 3. The van der Waals surface area contributed by atoms with Crippen molar-refractivity contribution in [1.29, 1.82) is 0 Å². The summed E-state index contributed by atoms with van der Waals surface area (Å²) < 4.78 is 10.3. The number of methoxy groups -OCH3 is 2. The average molecular weight is 222 g/mol. The van der Waals surface area contributed by atoms with E-state index in [4.69, 9.17) is 9.47 Å². The maximum absolute atomic E-state index is 12.0. The highest BCUT2D eigenvalue weighted by Gasteiger charge is 2.23. The molecule has 3 nitrogen and oxygen atoms in total. The van der Waals surface area contributed by atoms with Crippen molar-refractivity contribution in [3.8, 4) is 11.5 Å². The number of hydrogen-bond acceptors (Lipinski definition) is 3. The summed E-state index contributed by atoms with van der Waals surface area (Å²) in [4.78, 5) is 12.0. The van der Waals surface area contributed by atoms with Crippen molar-refractivity contribution in [2.75, 3.05) is 14.2 Å². The minimum atomic E-state index is -0.389. The summed E-state index contributed by atoms with van der Waals surface area (Å²) in [6, 6.07) is 5.22. The molecule has 0 aliphatic rings. The van der Waals surface area contributed by atoms with Crippen LogP contribution in [0, 0.1) is 5.41 Å². The Labute approximate surface area is 96.4 Å². The van der Waals surface area contributed by atoms with Crippen LogP contribution in [0.3, 0.4) is 0 Å². The SMILES string of the molecule is COc1ccc(C(=O)C(C)(C)C)cc1OC. The molecule has 16 heavy (non-hydrogen) atoms. The number of benzene rings is 1. The normalized spacial score (nSPS) is 11.1. The highest BCUT2D eigenvalue weighted by molar-refractivity contribution is 6.00. The van der Waals surface area contributed by atoms with E-state index in [1.165, 1.54) is 0 Å². The topological polar surface area (TPSA) is 35.5 Å². The monoisotopic (exact) mass is 222 g/mol. The molecule has 0 bridgehead atoms. The summed E-state index contributed by atoms with van der Waals surface area (Å²) in [5.74, 6) is 1.30. The molecule has 88 valence electrons. The molecule has 0 unspecified atom stereocenters. The summed E-state index contributed by atoms with van der Waals surface area (Å²) in [7, 11) is 3.13. The van der Waals surface area contributed by atoms with Crippen LogP contribution >= 0.6 is 0 Å². The quantitative estimate of drug-likeness (QED) is 0.738. The van der Waals surface area contributed by atoms with Gasteiger partial charge in [-0.05, 0) is 18.2 Å². The fourth-order valence-corrected chi connectivity index (χ4v) is 1.41. The van der Waals surface area contributed by atoms with E-state index >= 15 is 0 Å². The van der Waals surface area contributed by atoms with Gasteiger partial charge in [0.25, 0.3) is 0 Å². The molecular weight excluding hydrogens is 204 g/mol. The van der Waals surface area contributed by atoms with Gasteiger partial charge < -0.3 is 9.47 Å². The molecule has 1 aromatic rings. The summed E-state index contributed by atoms with van der Waals surface area (Å²) in [6.07, 6.45) is 0. The zero-order chi connectivity index (χ0) is 12.3. The molecule has 0 aliphatic carbocycles. The first kappa shape index (κ1) is 12.6. The summed E-state index contributed by atoms with van der Waals surface area (Å²) in [6.45, 7) is 5.68. The molecule has 0 aromatic heterocycles. The minimum absolute atomic E-state index is 0.0912. The molecule has 0 saturated heterocycles. The summed E-state index contributed by atoms with van der Waals surface area (Å²) in [5, 5.41) is 0. The van der Waals surface area contributed by atoms with Gasteiger partial charge >= 0.3 is 0 Å². The Hall–Kier alpha value is -1.51. The second kappa shape index (κ2) is 4.56. The van der Waals surface area contributed by atoms with Crippen LogP contribution in [-0.4, -0.2) is 20.0 Å². The molecule has 0 fully saturated rings. The fourth-order valence-electron chi connectivity index (χ4n) is 1.41. The van der Waals surface area contributed by atoms with Crippen LogP contribution in [0.25, 0.3) is 0 Å². The third kappa shape index (κ3) is 2.54. The molecular formula is C13H18O3. The van der Waals surface area contributed by atoms with Gasteiger partial charge in [0, 0.05) is 11.0 Å². The van der Waals surface area contributed by atoms with Crippen molar-refractivity contribution < 1.29 is 14.3 Å². The minimum Gasteiger partial charge on any atom is -0.493 e. The van der Waals surface area contributed by atoms with E-state index in [-0.39, 0.29) is 11.2 Å². The second-order valence-corrected chi connectivity index (χ2v) is 4.65. The maximum Gasteiger partial charge on any atom is 0.168 e. The van der Waals surface area contributed by atoms with Gasteiger partial charge in [0.05, 0.1) is 14.2 Å². The molecule has 0 spiro atoms. The Morgan fingerprint density at radius 2 is 1.62 bits per heavy atom. The van der Waals surface area contributed by atoms with Gasteiger partial charge in [-0.25, -0.2) is 0 Å². The number of carbonyl (C=O) groups excluding carboxylic acids is 1. The molecule has 3 heteroatoms. The van der Waals surface area contributed by atoms with Gasteiger partial charge in [-0.2, -0.15) is 0 Å². The van der Waals surface area contributed by atoms with Gasteiger partial charge in [-0.3, -0.25) is 4.79 Å². The lowest BCUT2D eigenvalue weighted by atomic mass is 9.86. The molecule has 0 saturated carbocycles. The third-order valence-electron chi connectivity index (χ3n) is 2.33. The highest BCUT2D eigenvalue weighted by Crippen LogP contribution is 2.30. The standard InChI is InChI=1S/C13H18O3/c1-13(2,3)12(14)9-6-7-10(15-4)11(8-9)16-5/h6-8H,1-5H3. The largest absolute Gasteiger partial charge is 0.493 e. The van der Waals surface area contributed by atoms with Crippen LogP contribution in [-0.2, 0) is 0 Å². The molecule has 0 atom stereocenters. The van der Waals surface area contributed by atoms with E-state index in [9.17, 15) is 4.79 Å². The number of Topliss-reactive ketones (excluding diaryl/α,β-unsaturated/α-hetero) is 1. The molecule has 1 rings (SSSR count). The Morgan fingerprint density at radius 1 is 1.06 bits per heavy atom. The first-order valence-corrected chi connectivity index (χ1v) is 5.17. The zero-order valence-corrected chi connectivity index (χ0v) is 10.5. The Morgan fingerprint density at radius 3 is 2.06 bits per heavy atom. The Bertz CT molecular complexity index is 389. The molecule has 0 heterocycles. The van der Waals surface area contributed by atoms with Crippen molar-refractivity contribution >= 4 is 5.78 Å². The molecule has 0 N–H and O–H groups in total. The smallest absolute Gasteiger partial charge is 0.168 e. The lowest BCUT2D eigenvalue weighted by Gasteiger charge is -2.17. The average Bonchev–Trinajstić information content (AvgIpc) is 2.25. The number of ketones is 1. The number of ether oxygens (including phenoxy) is 2. The van der Waals surface area contributed by atoms with Crippen LogP contribution in [0.15, 0.2) is 18.2 Å². The van der Waals surface area contributed by atoms with E-state index in [0.717, 1.165) is 0 Å². The lowest BCUT2D eigenvalue weighted by Crippen LogP contribution is -2.20. The van der Waals surface area contributed by atoms with E-state index in [2.05, 4.69) is 0 Å². The Kier molecular flexibility index (Phi) is 3.58. The van der Waals surface area contributed by atoms with Gasteiger partial charge in [0.1, 0.15) is 0 Å². The molecule has 1 aromatic carbocycles. The number of carbonyl (C=O) groups is 1. The van der Waals surface area contributed by atoms with Crippen molar-refractivity contribution in [3.05, 3.63) is 23.8 Å². The van der Waals surface area contributed by atoms with Gasteiger partial charge in [0.15, 0.2) is 17.3 Å². The predicted octanol–water partition coefficient (Wildman–Crippen LogP) is 2.93. The van der Waals surface area contributed by atoms with Crippen LogP contribution in [0.1, 0.15) is 31.1 Å². The molecule has 0 radical (unpaired) electrons. The van der Waals surface area contributed by atoms with E-state index in [1.54, 1.807) is 32.4 Å². The van der Waals surface area contributed by atoms with Crippen LogP contribution in [0.2, 0.25) is 0 Å². The van der Waals surface area contributed by atoms with Crippen LogP contribution < -0.4 is 9.47 Å². The maximum atomic E-state index is 12.0. The first-order chi connectivity index (χ1) is 7.40. The second-order valence-electron chi connectivity index (χ2n) is 4.65.